The number of benzene rings is 1. The topological polar surface area (TPSA) is 48.0 Å². The first-order valence-corrected chi connectivity index (χ1v) is 7.83. The number of ether oxygens (including phenoxy) is 3. The number of hydrogen-bond donors (Lipinski definition) is 0. The molecule has 5 nitrogen and oxygen atoms in total. The van der Waals surface area contributed by atoms with Crippen molar-refractivity contribution >= 4 is 5.91 Å². The van der Waals surface area contributed by atoms with E-state index in [9.17, 15) is 4.79 Å². The lowest BCUT2D eigenvalue weighted by molar-refractivity contribution is -0.151. The molecular weight excluding hydrogens is 282 g/mol. The smallest absolute Gasteiger partial charge is 0.260 e. The van der Waals surface area contributed by atoms with Crippen molar-refractivity contribution < 1.29 is 19.0 Å². The number of aryl methyl sites for hydroxylation is 1. The van der Waals surface area contributed by atoms with Crippen molar-refractivity contribution in [3.8, 4) is 5.75 Å². The molecule has 0 bridgehead atoms. The van der Waals surface area contributed by atoms with Gasteiger partial charge in [-0.05, 0) is 31.4 Å². The maximum atomic E-state index is 12.5. The molecule has 0 spiro atoms. The molecule has 1 aliphatic heterocycles. The summed E-state index contributed by atoms with van der Waals surface area (Å²) < 4.78 is 17.0. The lowest BCUT2D eigenvalue weighted by Gasteiger charge is -2.38. The van der Waals surface area contributed by atoms with E-state index in [0.717, 1.165) is 24.2 Å². The van der Waals surface area contributed by atoms with Crippen molar-refractivity contribution in [2.24, 2.45) is 0 Å². The van der Waals surface area contributed by atoms with E-state index in [4.69, 9.17) is 14.2 Å². The van der Waals surface area contributed by atoms with Crippen molar-refractivity contribution in [3.05, 3.63) is 29.8 Å². The number of carbonyl (C=O) groups is 1. The lowest BCUT2D eigenvalue weighted by atomic mass is 10.1. The van der Waals surface area contributed by atoms with Gasteiger partial charge < -0.3 is 19.1 Å². The predicted molar refractivity (Wildman–Crippen MR) is 81.9 cm³/mol. The van der Waals surface area contributed by atoms with Crippen LogP contribution in [-0.2, 0) is 14.3 Å². The summed E-state index contributed by atoms with van der Waals surface area (Å²) in [5, 5.41) is 0. The Bertz CT molecular complexity index is 533. The van der Waals surface area contributed by atoms with Crippen molar-refractivity contribution in [2.45, 2.75) is 38.0 Å². The molecule has 1 saturated carbocycles. The molecule has 120 valence electrons. The second-order valence-electron chi connectivity index (χ2n) is 5.90. The van der Waals surface area contributed by atoms with Gasteiger partial charge in [0.25, 0.3) is 5.91 Å². The molecule has 1 heterocycles. The monoisotopic (exact) mass is 305 g/mol. The number of fused-ring (bicyclic) bond motifs is 1. The quantitative estimate of drug-likeness (QED) is 0.851. The van der Waals surface area contributed by atoms with Crippen LogP contribution in [0.25, 0.3) is 0 Å². The molecule has 22 heavy (non-hydrogen) atoms. The van der Waals surface area contributed by atoms with Gasteiger partial charge in [0, 0.05) is 13.7 Å². The van der Waals surface area contributed by atoms with E-state index in [1.807, 2.05) is 36.1 Å². The van der Waals surface area contributed by atoms with Crippen LogP contribution in [0, 0.1) is 6.92 Å². The summed E-state index contributed by atoms with van der Waals surface area (Å²) in [6.07, 6.45) is 1.96. The molecule has 2 aliphatic rings. The molecule has 3 atom stereocenters. The molecule has 1 aromatic rings. The highest BCUT2D eigenvalue weighted by Crippen LogP contribution is 2.31. The minimum Gasteiger partial charge on any atom is -0.484 e. The third-order valence-corrected chi connectivity index (χ3v) is 4.60. The molecular formula is C17H23NO4. The number of para-hydroxylation sites is 1. The summed E-state index contributed by atoms with van der Waals surface area (Å²) >= 11 is 0. The average molecular weight is 305 g/mol. The van der Waals surface area contributed by atoms with Crippen LogP contribution < -0.4 is 4.74 Å². The molecule has 0 unspecified atom stereocenters. The standard InChI is InChI=1S/C17H23NO4/c1-12-5-3-4-6-14(12)22-11-16(19)18-9-10-21-17-13(18)7-8-15(17)20-2/h3-6,13,15,17H,7-11H2,1-2H3/t13-,15-,17+/m0/s1. The van der Waals surface area contributed by atoms with E-state index >= 15 is 0 Å². The Kier molecular flexibility index (Phi) is 4.64. The normalized spacial score (nSPS) is 27.5. The van der Waals surface area contributed by atoms with Gasteiger partial charge in [-0.15, -0.1) is 0 Å². The summed E-state index contributed by atoms with van der Waals surface area (Å²) in [6.45, 7) is 3.25. The Morgan fingerprint density at radius 1 is 1.36 bits per heavy atom. The minimum atomic E-state index is 0.00108. The van der Waals surface area contributed by atoms with Crippen LogP contribution in [0.3, 0.4) is 0 Å². The van der Waals surface area contributed by atoms with Crippen molar-refractivity contribution in [1.82, 2.24) is 4.90 Å². The maximum absolute atomic E-state index is 12.5. The molecule has 1 saturated heterocycles. The van der Waals surface area contributed by atoms with E-state index in [0.29, 0.717) is 13.2 Å². The Morgan fingerprint density at radius 2 is 2.18 bits per heavy atom. The molecule has 1 amide bonds. The van der Waals surface area contributed by atoms with E-state index in [2.05, 4.69) is 0 Å². The van der Waals surface area contributed by atoms with E-state index in [1.54, 1.807) is 7.11 Å². The number of morpholine rings is 1. The van der Waals surface area contributed by atoms with Gasteiger partial charge in [-0.3, -0.25) is 4.79 Å². The van der Waals surface area contributed by atoms with Gasteiger partial charge in [0.2, 0.25) is 0 Å². The van der Waals surface area contributed by atoms with E-state index < -0.39 is 0 Å². The number of hydrogen-bond acceptors (Lipinski definition) is 4. The van der Waals surface area contributed by atoms with Gasteiger partial charge in [0.15, 0.2) is 6.61 Å². The minimum absolute atomic E-state index is 0.00108. The largest absolute Gasteiger partial charge is 0.484 e. The zero-order chi connectivity index (χ0) is 15.5. The van der Waals surface area contributed by atoms with Gasteiger partial charge in [0.05, 0.1) is 18.8 Å². The van der Waals surface area contributed by atoms with Crippen LogP contribution in [0.2, 0.25) is 0 Å². The highest BCUT2D eigenvalue weighted by Gasteiger charge is 2.44. The second-order valence-corrected chi connectivity index (χ2v) is 5.90. The molecule has 1 aromatic carbocycles. The molecule has 0 aromatic heterocycles. The van der Waals surface area contributed by atoms with Crippen molar-refractivity contribution in [1.29, 1.82) is 0 Å². The first-order chi connectivity index (χ1) is 10.7. The van der Waals surface area contributed by atoms with E-state index in [1.165, 1.54) is 0 Å². The van der Waals surface area contributed by atoms with Crippen LogP contribution in [0.4, 0.5) is 0 Å². The molecule has 3 rings (SSSR count). The number of nitrogens with zero attached hydrogens (tertiary/aromatic N) is 1. The molecule has 5 heteroatoms. The highest BCUT2D eigenvalue weighted by molar-refractivity contribution is 5.78. The summed E-state index contributed by atoms with van der Waals surface area (Å²) in [6, 6.07) is 7.86. The SMILES string of the molecule is CO[C@H]1CC[C@H]2[C@H]1OCCN2C(=O)COc1ccccc1C. The highest BCUT2D eigenvalue weighted by atomic mass is 16.5. The van der Waals surface area contributed by atoms with Gasteiger partial charge in [-0.25, -0.2) is 0 Å². The number of carbonyl (C=O) groups excluding carboxylic acids is 1. The zero-order valence-corrected chi connectivity index (χ0v) is 13.2. The summed E-state index contributed by atoms with van der Waals surface area (Å²) in [7, 11) is 1.71. The Labute approximate surface area is 131 Å². The maximum Gasteiger partial charge on any atom is 0.260 e. The van der Waals surface area contributed by atoms with Crippen LogP contribution >= 0.6 is 0 Å². The fourth-order valence-corrected chi connectivity index (χ4v) is 3.42. The number of rotatable bonds is 4. The molecule has 0 N–H and O–H groups in total. The predicted octanol–water partition coefficient (Wildman–Crippen LogP) is 1.78. The van der Waals surface area contributed by atoms with Gasteiger partial charge >= 0.3 is 0 Å². The summed E-state index contributed by atoms with van der Waals surface area (Å²) in [5.74, 6) is 0.792. The summed E-state index contributed by atoms with van der Waals surface area (Å²) in [5.41, 5.74) is 1.04. The van der Waals surface area contributed by atoms with Crippen molar-refractivity contribution in [3.63, 3.8) is 0 Å². The summed E-state index contributed by atoms with van der Waals surface area (Å²) in [4.78, 5) is 14.4. The van der Waals surface area contributed by atoms with Crippen molar-refractivity contribution in [2.75, 3.05) is 26.9 Å². The zero-order valence-electron chi connectivity index (χ0n) is 13.2. The fourth-order valence-electron chi connectivity index (χ4n) is 3.42. The molecule has 1 aliphatic carbocycles. The van der Waals surface area contributed by atoms with Gasteiger partial charge in [-0.2, -0.15) is 0 Å². The van der Waals surface area contributed by atoms with Crippen LogP contribution in [-0.4, -0.2) is 55.9 Å². The Hall–Kier alpha value is -1.59. The average Bonchev–Trinajstić information content (AvgIpc) is 2.97. The first kappa shape index (κ1) is 15.3. The fraction of sp³-hybridized carbons (Fsp3) is 0.588. The van der Waals surface area contributed by atoms with Gasteiger partial charge in [-0.1, -0.05) is 18.2 Å². The van der Waals surface area contributed by atoms with Crippen LogP contribution in [0.15, 0.2) is 24.3 Å². The number of methoxy groups -OCH3 is 1. The third kappa shape index (κ3) is 2.96. The third-order valence-electron chi connectivity index (χ3n) is 4.60. The van der Waals surface area contributed by atoms with Crippen LogP contribution in [0.1, 0.15) is 18.4 Å². The van der Waals surface area contributed by atoms with Crippen LogP contribution in [0.5, 0.6) is 5.75 Å². The Balaban J connectivity index is 1.61. The number of amides is 1. The van der Waals surface area contributed by atoms with Gasteiger partial charge in [0.1, 0.15) is 11.9 Å². The first-order valence-electron chi connectivity index (χ1n) is 7.83. The molecule has 2 fully saturated rings. The Morgan fingerprint density at radius 3 is 2.95 bits per heavy atom. The van der Waals surface area contributed by atoms with E-state index in [-0.39, 0.29) is 30.8 Å². The lowest BCUT2D eigenvalue weighted by Crippen LogP contribution is -2.54. The molecule has 0 radical (unpaired) electrons. The second kappa shape index (κ2) is 6.67.